The van der Waals surface area contributed by atoms with Gasteiger partial charge >= 0.3 is 5.97 Å². The van der Waals surface area contributed by atoms with Crippen LogP contribution < -0.4 is 0 Å². The van der Waals surface area contributed by atoms with Crippen LogP contribution in [0.3, 0.4) is 0 Å². The van der Waals surface area contributed by atoms with Gasteiger partial charge in [0.1, 0.15) is 5.52 Å². The summed E-state index contributed by atoms with van der Waals surface area (Å²) in [5.41, 5.74) is 5.32. The zero-order valence-electron chi connectivity index (χ0n) is 19.4. The summed E-state index contributed by atoms with van der Waals surface area (Å²) in [5.74, 6) is -0.530. The van der Waals surface area contributed by atoms with Crippen LogP contribution in [0.2, 0.25) is 0 Å². The second-order valence-electron chi connectivity index (χ2n) is 8.39. The van der Waals surface area contributed by atoms with Gasteiger partial charge < -0.3 is 9.64 Å². The van der Waals surface area contributed by atoms with E-state index < -0.39 is 0 Å². The van der Waals surface area contributed by atoms with E-state index in [1.165, 1.54) is 0 Å². The number of benzene rings is 2. The largest absolute Gasteiger partial charge is 0.466 e. The predicted molar refractivity (Wildman–Crippen MR) is 131 cm³/mol. The van der Waals surface area contributed by atoms with E-state index in [1.54, 1.807) is 18.3 Å². The lowest BCUT2D eigenvalue weighted by Crippen LogP contribution is -2.19. The Morgan fingerprint density at radius 3 is 2.82 bits per heavy atom. The van der Waals surface area contributed by atoms with E-state index in [-0.39, 0.29) is 18.3 Å². The molecule has 1 unspecified atom stereocenters. The van der Waals surface area contributed by atoms with Crippen molar-refractivity contribution in [2.24, 2.45) is 0 Å². The van der Waals surface area contributed by atoms with Crippen LogP contribution in [0.5, 0.6) is 0 Å². The van der Waals surface area contributed by atoms with Gasteiger partial charge in [0.05, 0.1) is 25.1 Å². The third kappa shape index (κ3) is 4.67. The monoisotopic (exact) mass is 464 g/mol. The van der Waals surface area contributed by atoms with Gasteiger partial charge in [-0.3, -0.25) is 9.59 Å². The number of aryl methyl sites for hydroxylation is 1. The lowest BCUT2D eigenvalue weighted by atomic mass is 9.84. The number of ether oxygens (including phenoxy) is 1. The summed E-state index contributed by atoms with van der Waals surface area (Å²) >= 11 is 1.54. The minimum Gasteiger partial charge on any atom is -0.466 e. The molecule has 172 valence electrons. The molecule has 0 amide bonds. The van der Waals surface area contributed by atoms with Crippen molar-refractivity contribution in [3.63, 3.8) is 0 Å². The number of likely N-dealkylation sites (N-methyl/N-ethyl adjacent to an activating group) is 1. The lowest BCUT2D eigenvalue weighted by molar-refractivity contribution is -0.143. The van der Waals surface area contributed by atoms with Crippen molar-refractivity contribution < 1.29 is 14.3 Å². The number of esters is 1. The molecule has 0 radical (unpaired) electrons. The molecular formula is C25H28N4O3S. The maximum Gasteiger partial charge on any atom is 0.306 e. The Bertz CT molecular complexity index is 1310. The van der Waals surface area contributed by atoms with E-state index in [0.29, 0.717) is 12.2 Å². The summed E-state index contributed by atoms with van der Waals surface area (Å²) in [5, 5.41) is 11.8. The molecule has 4 aromatic rings. The molecule has 4 rings (SSSR count). The summed E-state index contributed by atoms with van der Waals surface area (Å²) in [6.45, 7) is 5.75. The number of carbonyl (C=O) groups is 2. The molecule has 33 heavy (non-hydrogen) atoms. The highest BCUT2D eigenvalue weighted by molar-refractivity contribution is 7.17. The Morgan fingerprint density at radius 1 is 1.27 bits per heavy atom. The molecular weight excluding hydrogens is 436 g/mol. The van der Waals surface area contributed by atoms with Crippen molar-refractivity contribution in [2.75, 3.05) is 27.2 Å². The smallest absolute Gasteiger partial charge is 0.306 e. The highest BCUT2D eigenvalue weighted by atomic mass is 32.1. The Balaban J connectivity index is 1.82. The zero-order chi connectivity index (χ0) is 23.5. The molecule has 1 atom stereocenters. The second-order valence-corrected chi connectivity index (χ2v) is 9.31. The van der Waals surface area contributed by atoms with Crippen molar-refractivity contribution >= 4 is 44.7 Å². The summed E-state index contributed by atoms with van der Waals surface area (Å²) in [4.78, 5) is 26.5. The van der Waals surface area contributed by atoms with Crippen molar-refractivity contribution in [3.8, 4) is 0 Å². The Morgan fingerprint density at radius 2 is 2.09 bits per heavy atom. The number of thiophene rings is 1. The standard InChI is InChI=1S/C25H28N4O3S/c1-5-32-23(31)14-21(18-12-17-8-11-33-25(17)19(13-18)15-30)20-6-7-22-24(16(20)2)26-27-29(22)10-9-28(3)4/h6-8,11-13,15,21H,5,9-10,14H2,1-4H3. The highest BCUT2D eigenvalue weighted by Crippen LogP contribution is 2.37. The van der Waals surface area contributed by atoms with E-state index in [4.69, 9.17) is 4.74 Å². The fourth-order valence-electron chi connectivity index (χ4n) is 4.24. The maximum absolute atomic E-state index is 12.6. The average Bonchev–Trinajstić information content (AvgIpc) is 3.43. The molecule has 0 bridgehead atoms. The first kappa shape index (κ1) is 23.1. The van der Waals surface area contributed by atoms with Gasteiger partial charge in [-0.1, -0.05) is 11.3 Å². The quantitative estimate of drug-likeness (QED) is 0.270. The first-order valence-electron chi connectivity index (χ1n) is 11.0. The van der Waals surface area contributed by atoms with E-state index in [0.717, 1.165) is 57.2 Å². The van der Waals surface area contributed by atoms with Crippen molar-refractivity contribution in [2.45, 2.75) is 32.7 Å². The van der Waals surface area contributed by atoms with Crippen LogP contribution in [0.25, 0.3) is 21.1 Å². The van der Waals surface area contributed by atoms with Crippen molar-refractivity contribution in [1.29, 1.82) is 0 Å². The van der Waals surface area contributed by atoms with Crippen LogP contribution in [0.15, 0.2) is 35.7 Å². The number of nitrogens with zero attached hydrogens (tertiary/aromatic N) is 4. The molecule has 0 saturated heterocycles. The van der Waals surface area contributed by atoms with E-state index in [9.17, 15) is 9.59 Å². The van der Waals surface area contributed by atoms with Gasteiger partial charge in [0.2, 0.25) is 0 Å². The van der Waals surface area contributed by atoms with Crippen LogP contribution in [0.1, 0.15) is 46.3 Å². The Kier molecular flexibility index (Phi) is 6.85. The molecule has 0 fully saturated rings. The van der Waals surface area contributed by atoms with Gasteiger partial charge in [-0.2, -0.15) is 0 Å². The molecule has 0 spiro atoms. The van der Waals surface area contributed by atoms with Gasteiger partial charge in [0, 0.05) is 22.7 Å². The number of carbonyl (C=O) groups excluding carboxylic acids is 2. The molecule has 2 aromatic carbocycles. The first-order chi connectivity index (χ1) is 15.9. The van der Waals surface area contributed by atoms with E-state index in [1.807, 2.05) is 49.3 Å². The minimum absolute atomic E-state index is 0.183. The molecule has 0 saturated carbocycles. The van der Waals surface area contributed by atoms with Crippen molar-refractivity contribution in [1.82, 2.24) is 19.9 Å². The van der Waals surface area contributed by atoms with Gasteiger partial charge in [0.25, 0.3) is 0 Å². The van der Waals surface area contributed by atoms with E-state index in [2.05, 4.69) is 27.3 Å². The number of hydrogen-bond acceptors (Lipinski definition) is 7. The van der Waals surface area contributed by atoms with Crippen LogP contribution >= 0.6 is 11.3 Å². The van der Waals surface area contributed by atoms with Gasteiger partial charge in [-0.25, -0.2) is 4.68 Å². The molecule has 2 aromatic heterocycles. The average molecular weight is 465 g/mol. The third-order valence-electron chi connectivity index (χ3n) is 5.92. The molecule has 0 N–H and O–H groups in total. The fourth-order valence-corrected chi connectivity index (χ4v) is 5.09. The van der Waals surface area contributed by atoms with Crippen LogP contribution in [-0.4, -0.2) is 59.4 Å². The topological polar surface area (TPSA) is 77.3 Å². The summed E-state index contributed by atoms with van der Waals surface area (Å²) in [7, 11) is 4.06. The minimum atomic E-state index is -0.269. The van der Waals surface area contributed by atoms with E-state index >= 15 is 0 Å². The number of fused-ring (bicyclic) bond motifs is 2. The maximum atomic E-state index is 12.6. The van der Waals surface area contributed by atoms with Gasteiger partial charge in [-0.15, -0.1) is 16.4 Å². The number of hydrogen-bond donors (Lipinski definition) is 0. The fraction of sp³-hybridized carbons (Fsp3) is 0.360. The summed E-state index contributed by atoms with van der Waals surface area (Å²) < 4.78 is 8.16. The SMILES string of the molecule is CCOC(=O)CC(c1cc(C=O)c2sccc2c1)c1ccc2c(nnn2CCN(C)C)c1C. The summed E-state index contributed by atoms with van der Waals surface area (Å²) in [6.07, 6.45) is 1.07. The Labute approximate surface area is 196 Å². The van der Waals surface area contributed by atoms with Crippen LogP contribution in [-0.2, 0) is 16.1 Å². The van der Waals surface area contributed by atoms with Gasteiger partial charge in [-0.05, 0) is 79.7 Å². The Hall–Kier alpha value is -3.10. The highest BCUT2D eigenvalue weighted by Gasteiger charge is 2.24. The lowest BCUT2D eigenvalue weighted by Gasteiger charge is -2.20. The summed E-state index contributed by atoms with van der Waals surface area (Å²) in [6, 6.07) is 10.0. The number of rotatable bonds is 9. The first-order valence-corrected chi connectivity index (χ1v) is 11.9. The molecule has 0 aliphatic heterocycles. The molecule has 0 aliphatic carbocycles. The second kappa shape index (κ2) is 9.80. The molecule has 8 heteroatoms. The normalized spacial score (nSPS) is 12.5. The van der Waals surface area contributed by atoms with Crippen LogP contribution in [0, 0.1) is 6.92 Å². The number of aromatic nitrogens is 3. The van der Waals surface area contributed by atoms with Crippen molar-refractivity contribution in [3.05, 3.63) is 58.0 Å². The number of aldehydes is 1. The van der Waals surface area contributed by atoms with Gasteiger partial charge in [0.15, 0.2) is 6.29 Å². The third-order valence-corrected chi connectivity index (χ3v) is 6.90. The predicted octanol–water partition coefficient (Wildman–Crippen LogP) is 4.41. The molecule has 0 aliphatic rings. The molecule has 2 heterocycles. The molecule has 7 nitrogen and oxygen atoms in total. The zero-order valence-corrected chi connectivity index (χ0v) is 20.2. The van der Waals surface area contributed by atoms with Crippen LogP contribution in [0.4, 0.5) is 0 Å².